The van der Waals surface area contributed by atoms with E-state index in [-0.39, 0.29) is 6.10 Å². The maximum absolute atomic E-state index is 10.3. The van der Waals surface area contributed by atoms with E-state index in [1.54, 1.807) is 6.07 Å². The van der Waals surface area contributed by atoms with Gasteiger partial charge in [-0.2, -0.15) is 0 Å². The molecule has 100 valence electrons. The van der Waals surface area contributed by atoms with Gasteiger partial charge >= 0.3 is 0 Å². The molecule has 0 aliphatic heterocycles. The molecule has 0 spiro atoms. The molecular formula is C14H18Cl2O2. The smallest absolute Gasteiger partial charge is 0.0865 e. The van der Waals surface area contributed by atoms with E-state index in [1.165, 1.54) is 0 Å². The van der Waals surface area contributed by atoms with Crippen LogP contribution in [0, 0.1) is 5.92 Å². The van der Waals surface area contributed by atoms with Crippen molar-refractivity contribution in [3.8, 4) is 0 Å². The lowest BCUT2D eigenvalue weighted by Gasteiger charge is -2.23. The summed E-state index contributed by atoms with van der Waals surface area (Å²) < 4.78 is 5.64. The average Bonchev–Trinajstić information content (AvgIpc) is 3.16. The summed E-state index contributed by atoms with van der Waals surface area (Å²) in [7, 11) is 0. The average molecular weight is 289 g/mol. The molecular weight excluding hydrogens is 271 g/mol. The summed E-state index contributed by atoms with van der Waals surface area (Å²) in [6.45, 7) is 2.58. The molecule has 0 saturated heterocycles. The molecule has 1 aliphatic rings. The third-order valence-electron chi connectivity index (χ3n) is 3.29. The molecule has 4 heteroatoms. The monoisotopic (exact) mass is 288 g/mol. The fourth-order valence-electron chi connectivity index (χ4n) is 2.23. The van der Waals surface area contributed by atoms with E-state index in [1.807, 2.05) is 19.1 Å². The second kappa shape index (κ2) is 6.25. The van der Waals surface area contributed by atoms with Gasteiger partial charge in [-0.05, 0) is 37.3 Å². The van der Waals surface area contributed by atoms with Gasteiger partial charge in [0.05, 0.1) is 22.3 Å². The second-order valence-corrected chi connectivity index (χ2v) is 5.53. The first-order valence-corrected chi connectivity index (χ1v) is 7.11. The Labute approximate surface area is 118 Å². The van der Waals surface area contributed by atoms with Gasteiger partial charge in [-0.1, -0.05) is 35.3 Å². The third kappa shape index (κ3) is 3.39. The number of hydrogen-bond donors (Lipinski definition) is 1. The molecule has 1 aliphatic carbocycles. The molecule has 0 bridgehead atoms. The van der Waals surface area contributed by atoms with Crippen LogP contribution in [0.1, 0.15) is 25.3 Å². The maximum Gasteiger partial charge on any atom is 0.0865 e. The first-order valence-electron chi connectivity index (χ1n) is 6.36. The van der Waals surface area contributed by atoms with Gasteiger partial charge in [0.2, 0.25) is 0 Å². The third-order valence-corrected chi connectivity index (χ3v) is 4.14. The lowest BCUT2D eigenvalue weighted by Crippen LogP contribution is -2.33. The Kier molecular flexibility index (Phi) is 4.91. The lowest BCUT2D eigenvalue weighted by molar-refractivity contribution is -0.0439. The molecule has 2 unspecified atom stereocenters. The van der Waals surface area contributed by atoms with Crippen molar-refractivity contribution in [1.82, 2.24) is 0 Å². The fraction of sp³-hybridized carbons (Fsp3) is 0.571. The van der Waals surface area contributed by atoms with E-state index in [0.29, 0.717) is 29.0 Å². The molecule has 2 rings (SSSR count). The zero-order chi connectivity index (χ0) is 13.1. The first-order chi connectivity index (χ1) is 8.63. The zero-order valence-corrected chi connectivity index (χ0v) is 11.9. The SMILES string of the molecule is CCOC(C(O)Cc1cccc(Cl)c1Cl)C1CC1. The van der Waals surface area contributed by atoms with Crippen molar-refractivity contribution in [2.45, 2.75) is 38.4 Å². The number of aliphatic hydroxyl groups excluding tert-OH is 1. The van der Waals surface area contributed by atoms with Gasteiger partial charge in [-0.3, -0.25) is 0 Å². The zero-order valence-electron chi connectivity index (χ0n) is 10.4. The van der Waals surface area contributed by atoms with Crippen molar-refractivity contribution in [3.05, 3.63) is 33.8 Å². The van der Waals surface area contributed by atoms with Crippen LogP contribution in [0.4, 0.5) is 0 Å². The van der Waals surface area contributed by atoms with Crippen LogP contribution < -0.4 is 0 Å². The van der Waals surface area contributed by atoms with Crippen LogP contribution in [0.2, 0.25) is 10.0 Å². The van der Waals surface area contributed by atoms with E-state index in [9.17, 15) is 5.11 Å². The molecule has 18 heavy (non-hydrogen) atoms. The van der Waals surface area contributed by atoms with Crippen molar-refractivity contribution >= 4 is 23.2 Å². The van der Waals surface area contributed by atoms with Gasteiger partial charge in [0.15, 0.2) is 0 Å². The van der Waals surface area contributed by atoms with Gasteiger partial charge in [0.1, 0.15) is 0 Å². The summed E-state index contributed by atoms with van der Waals surface area (Å²) in [5.74, 6) is 0.498. The molecule has 1 aromatic rings. The van der Waals surface area contributed by atoms with Crippen LogP contribution in [-0.2, 0) is 11.2 Å². The van der Waals surface area contributed by atoms with Crippen molar-refractivity contribution in [3.63, 3.8) is 0 Å². The number of benzene rings is 1. The summed E-state index contributed by atoms with van der Waals surface area (Å²) in [5, 5.41) is 11.4. The van der Waals surface area contributed by atoms with E-state index in [0.717, 1.165) is 18.4 Å². The molecule has 0 heterocycles. The Hall–Kier alpha value is -0.280. The highest BCUT2D eigenvalue weighted by atomic mass is 35.5. The van der Waals surface area contributed by atoms with Crippen LogP contribution in [0.3, 0.4) is 0 Å². The summed E-state index contributed by atoms with van der Waals surface area (Å²) in [6, 6.07) is 5.50. The highest BCUT2D eigenvalue weighted by molar-refractivity contribution is 6.42. The Morgan fingerprint density at radius 3 is 2.72 bits per heavy atom. The molecule has 1 fully saturated rings. The van der Waals surface area contributed by atoms with Gasteiger partial charge in [0, 0.05) is 13.0 Å². The molecule has 0 amide bonds. The van der Waals surface area contributed by atoms with Crippen LogP contribution in [0.15, 0.2) is 18.2 Å². The largest absolute Gasteiger partial charge is 0.390 e. The van der Waals surface area contributed by atoms with Crippen LogP contribution in [0.25, 0.3) is 0 Å². The topological polar surface area (TPSA) is 29.5 Å². The number of hydrogen-bond acceptors (Lipinski definition) is 2. The predicted molar refractivity (Wildman–Crippen MR) is 74.3 cm³/mol. The Morgan fingerprint density at radius 2 is 2.11 bits per heavy atom. The van der Waals surface area contributed by atoms with Gasteiger partial charge < -0.3 is 9.84 Å². The number of halogens is 2. The quantitative estimate of drug-likeness (QED) is 0.865. The van der Waals surface area contributed by atoms with Crippen LogP contribution >= 0.6 is 23.2 Å². The van der Waals surface area contributed by atoms with Gasteiger partial charge in [0.25, 0.3) is 0 Å². The highest BCUT2D eigenvalue weighted by Crippen LogP contribution is 2.37. The van der Waals surface area contributed by atoms with Crippen molar-refractivity contribution in [2.75, 3.05) is 6.61 Å². The number of aliphatic hydroxyl groups is 1. The van der Waals surface area contributed by atoms with E-state index < -0.39 is 6.10 Å². The minimum Gasteiger partial charge on any atom is -0.390 e. The van der Waals surface area contributed by atoms with Crippen molar-refractivity contribution in [1.29, 1.82) is 0 Å². The molecule has 1 aromatic carbocycles. The van der Waals surface area contributed by atoms with Gasteiger partial charge in [-0.25, -0.2) is 0 Å². The standard InChI is InChI=1S/C14H18Cl2O2/c1-2-18-14(9-6-7-9)12(17)8-10-4-3-5-11(15)13(10)16/h3-5,9,12,14,17H,2,6-8H2,1H3. The molecule has 0 aromatic heterocycles. The lowest BCUT2D eigenvalue weighted by atomic mass is 10.0. The van der Waals surface area contributed by atoms with E-state index >= 15 is 0 Å². The van der Waals surface area contributed by atoms with Crippen molar-refractivity contribution in [2.24, 2.45) is 5.92 Å². The summed E-state index contributed by atoms with van der Waals surface area (Å²) >= 11 is 12.1. The van der Waals surface area contributed by atoms with Crippen molar-refractivity contribution < 1.29 is 9.84 Å². The molecule has 2 atom stereocenters. The highest BCUT2D eigenvalue weighted by Gasteiger charge is 2.36. The molecule has 0 radical (unpaired) electrons. The summed E-state index contributed by atoms with van der Waals surface area (Å²) in [6.07, 6.45) is 2.18. The minimum atomic E-state index is -0.520. The summed E-state index contributed by atoms with van der Waals surface area (Å²) in [5.41, 5.74) is 0.877. The normalized spacial score (nSPS) is 18.7. The first kappa shape index (κ1) is 14.1. The molecule has 1 saturated carbocycles. The Morgan fingerprint density at radius 1 is 1.39 bits per heavy atom. The van der Waals surface area contributed by atoms with E-state index in [4.69, 9.17) is 27.9 Å². The van der Waals surface area contributed by atoms with Crippen LogP contribution in [0.5, 0.6) is 0 Å². The number of rotatable bonds is 6. The van der Waals surface area contributed by atoms with Crippen LogP contribution in [-0.4, -0.2) is 23.9 Å². The Balaban J connectivity index is 2.04. The number of ether oxygens (including phenoxy) is 1. The predicted octanol–water partition coefficient (Wildman–Crippen LogP) is 3.71. The van der Waals surface area contributed by atoms with Gasteiger partial charge in [-0.15, -0.1) is 0 Å². The maximum atomic E-state index is 10.3. The Bertz CT molecular complexity index is 405. The molecule has 2 nitrogen and oxygen atoms in total. The minimum absolute atomic E-state index is 0.0787. The second-order valence-electron chi connectivity index (χ2n) is 4.74. The van der Waals surface area contributed by atoms with E-state index in [2.05, 4.69) is 0 Å². The molecule has 1 N–H and O–H groups in total. The summed E-state index contributed by atoms with van der Waals surface area (Å²) in [4.78, 5) is 0. The fourth-order valence-corrected chi connectivity index (χ4v) is 2.62.